The largest absolute Gasteiger partial charge is 0.418 e. The van der Waals surface area contributed by atoms with E-state index in [9.17, 15) is 13.2 Å². The van der Waals surface area contributed by atoms with Crippen molar-refractivity contribution >= 4 is 17.4 Å². The predicted octanol–water partition coefficient (Wildman–Crippen LogP) is 3.23. The highest BCUT2D eigenvalue weighted by atomic mass is 32.2. The topological polar surface area (TPSA) is 32.3 Å². The summed E-state index contributed by atoms with van der Waals surface area (Å²) in [6, 6.07) is 5.10. The normalized spacial score (nSPS) is 15.2. The van der Waals surface area contributed by atoms with Gasteiger partial charge in [-0.25, -0.2) is 0 Å². The Labute approximate surface area is 109 Å². The van der Waals surface area contributed by atoms with Gasteiger partial charge in [0, 0.05) is 17.0 Å². The summed E-state index contributed by atoms with van der Waals surface area (Å²) in [5.41, 5.74) is -0.639. The van der Waals surface area contributed by atoms with Crippen molar-refractivity contribution in [3.05, 3.63) is 29.8 Å². The number of aliphatic hydroxyl groups excluding tert-OH is 1. The van der Waals surface area contributed by atoms with E-state index in [4.69, 9.17) is 5.11 Å². The molecule has 0 radical (unpaired) electrons. The lowest BCUT2D eigenvalue weighted by Gasteiger charge is -2.24. The molecule has 0 aliphatic heterocycles. The van der Waals surface area contributed by atoms with Crippen LogP contribution in [0.4, 0.5) is 18.9 Å². The average Bonchev–Trinajstić information content (AvgIpc) is 2.30. The molecule has 2 atom stereocenters. The Morgan fingerprint density at radius 1 is 1.33 bits per heavy atom. The maximum absolute atomic E-state index is 12.8. The number of aliphatic hydroxyl groups is 1. The van der Waals surface area contributed by atoms with Crippen LogP contribution in [-0.4, -0.2) is 29.3 Å². The Bertz CT molecular complexity index is 380. The van der Waals surface area contributed by atoms with Crippen LogP contribution in [0.15, 0.2) is 24.3 Å². The van der Waals surface area contributed by atoms with E-state index in [1.807, 2.05) is 6.26 Å². The molecular formula is C12H16F3NOS. The third-order valence-electron chi connectivity index (χ3n) is 2.66. The van der Waals surface area contributed by atoms with Crippen molar-refractivity contribution in [1.82, 2.24) is 0 Å². The standard InChI is InChI=1S/C12H16F3NOS/c1-8(11(7-17)18-2)16-10-6-4-3-5-9(10)12(13,14)15/h3-6,8,11,16-17H,7H2,1-2H3. The number of hydrogen-bond donors (Lipinski definition) is 2. The van der Waals surface area contributed by atoms with Gasteiger partial charge >= 0.3 is 6.18 Å². The van der Waals surface area contributed by atoms with Crippen molar-refractivity contribution in [1.29, 1.82) is 0 Å². The van der Waals surface area contributed by atoms with Gasteiger partial charge in [0.05, 0.1) is 12.2 Å². The van der Waals surface area contributed by atoms with Gasteiger partial charge in [-0.1, -0.05) is 12.1 Å². The molecule has 0 amide bonds. The molecule has 18 heavy (non-hydrogen) atoms. The summed E-state index contributed by atoms with van der Waals surface area (Å²) < 4.78 is 38.3. The summed E-state index contributed by atoms with van der Waals surface area (Å²) in [4.78, 5) is 0. The molecular weight excluding hydrogens is 263 g/mol. The summed E-state index contributed by atoms with van der Waals surface area (Å²) >= 11 is 1.42. The highest BCUT2D eigenvalue weighted by Crippen LogP contribution is 2.35. The van der Waals surface area contributed by atoms with E-state index in [-0.39, 0.29) is 23.6 Å². The molecule has 0 fully saturated rings. The van der Waals surface area contributed by atoms with Crippen LogP contribution in [0.5, 0.6) is 0 Å². The summed E-state index contributed by atoms with van der Waals surface area (Å²) in [5.74, 6) is 0. The molecule has 1 aromatic carbocycles. The zero-order valence-electron chi connectivity index (χ0n) is 10.2. The number of benzene rings is 1. The molecule has 2 unspecified atom stereocenters. The smallest absolute Gasteiger partial charge is 0.395 e. The fourth-order valence-electron chi connectivity index (χ4n) is 1.63. The lowest BCUT2D eigenvalue weighted by molar-refractivity contribution is -0.137. The van der Waals surface area contributed by atoms with Crippen LogP contribution in [0.25, 0.3) is 0 Å². The average molecular weight is 279 g/mol. The van der Waals surface area contributed by atoms with Gasteiger partial charge in [-0.3, -0.25) is 0 Å². The Balaban J connectivity index is 2.91. The van der Waals surface area contributed by atoms with Crippen LogP contribution in [0.1, 0.15) is 12.5 Å². The Morgan fingerprint density at radius 3 is 2.44 bits per heavy atom. The van der Waals surface area contributed by atoms with E-state index >= 15 is 0 Å². The summed E-state index contributed by atoms with van der Waals surface area (Å²) in [6.45, 7) is 1.67. The molecule has 0 saturated heterocycles. The second kappa shape index (κ2) is 6.33. The fraction of sp³-hybridized carbons (Fsp3) is 0.500. The molecule has 2 N–H and O–H groups in total. The van der Waals surface area contributed by atoms with Crippen molar-refractivity contribution < 1.29 is 18.3 Å². The third kappa shape index (κ3) is 3.81. The highest BCUT2D eigenvalue weighted by Gasteiger charge is 2.33. The third-order valence-corrected chi connectivity index (χ3v) is 3.82. The van der Waals surface area contributed by atoms with E-state index in [1.54, 1.807) is 13.0 Å². The number of thioether (sulfide) groups is 1. The van der Waals surface area contributed by atoms with E-state index < -0.39 is 11.7 Å². The second-order valence-corrected chi connectivity index (χ2v) is 5.01. The molecule has 1 rings (SSSR count). The molecule has 6 heteroatoms. The summed E-state index contributed by atoms with van der Waals surface area (Å²) in [7, 11) is 0. The Hall–Kier alpha value is -0.880. The number of hydrogen-bond acceptors (Lipinski definition) is 3. The highest BCUT2D eigenvalue weighted by molar-refractivity contribution is 7.99. The van der Waals surface area contributed by atoms with Crippen molar-refractivity contribution in [2.45, 2.75) is 24.4 Å². The summed E-state index contributed by atoms with van der Waals surface area (Å²) in [6.07, 6.45) is -2.56. The van der Waals surface area contributed by atoms with Crippen molar-refractivity contribution in [3.63, 3.8) is 0 Å². The number of anilines is 1. The minimum absolute atomic E-state index is 0.0463. The minimum atomic E-state index is -4.38. The van der Waals surface area contributed by atoms with Crippen LogP contribution in [0.3, 0.4) is 0 Å². The van der Waals surface area contributed by atoms with E-state index in [1.165, 1.54) is 23.9 Å². The lowest BCUT2D eigenvalue weighted by atomic mass is 10.1. The monoisotopic (exact) mass is 279 g/mol. The maximum atomic E-state index is 12.8. The van der Waals surface area contributed by atoms with Gasteiger partial charge in [0.25, 0.3) is 0 Å². The zero-order chi connectivity index (χ0) is 13.8. The Morgan fingerprint density at radius 2 is 1.94 bits per heavy atom. The van der Waals surface area contributed by atoms with Crippen molar-refractivity contribution in [2.75, 3.05) is 18.2 Å². The molecule has 2 nitrogen and oxygen atoms in total. The van der Waals surface area contributed by atoms with Crippen LogP contribution in [0, 0.1) is 0 Å². The van der Waals surface area contributed by atoms with E-state index in [0.717, 1.165) is 6.07 Å². The quantitative estimate of drug-likeness (QED) is 0.868. The zero-order valence-corrected chi connectivity index (χ0v) is 11.0. The first-order valence-electron chi connectivity index (χ1n) is 5.46. The summed E-state index contributed by atoms with van der Waals surface area (Å²) in [5, 5.41) is 11.8. The second-order valence-electron chi connectivity index (χ2n) is 3.93. The maximum Gasteiger partial charge on any atom is 0.418 e. The predicted molar refractivity (Wildman–Crippen MR) is 68.9 cm³/mol. The number of alkyl halides is 3. The van der Waals surface area contributed by atoms with Gasteiger partial charge in [-0.15, -0.1) is 0 Å². The first kappa shape index (κ1) is 15.2. The number of nitrogens with one attached hydrogen (secondary N) is 1. The van der Waals surface area contributed by atoms with Gasteiger partial charge in [-0.05, 0) is 25.3 Å². The Kier molecular flexibility index (Phi) is 5.34. The molecule has 0 aliphatic rings. The van der Waals surface area contributed by atoms with Gasteiger partial charge in [0.15, 0.2) is 0 Å². The van der Waals surface area contributed by atoms with E-state index in [2.05, 4.69) is 5.32 Å². The van der Waals surface area contributed by atoms with Crippen molar-refractivity contribution in [2.24, 2.45) is 0 Å². The first-order valence-corrected chi connectivity index (χ1v) is 6.75. The lowest BCUT2D eigenvalue weighted by Crippen LogP contribution is -2.31. The number of para-hydroxylation sites is 1. The molecule has 0 aromatic heterocycles. The molecule has 1 aromatic rings. The molecule has 0 bridgehead atoms. The van der Waals surface area contributed by atoms with Gasteiger partial charge < -0.3 is 10.4 Å². The van der Waals surface area contributed by atoms with Gasteiger partial charge in [0.1, 0.15) is 0 Å². The molecule has 0 spiro atoms. The van der Waals surface area contributed by atoms with Gasteiger partial charge in [0.2, 0.25) is 0 Å². The molecule has 0 heterocycles. The fourth-order valence-corrected chi connectivity index (χ4v) is 2.26. The van der Waals surface area contributed by atoms with Crippen molar-refractivity contribution in [3.8, 4) is 0 Å². The van der Waals surface area contributed by atoms with Crippen LogP contribution in [-0.2, 0) is 6.18 Å². The van der Waals surface area contributed by atoms with Gasteiger partial charge in [-0.2, -0.15) is 24.9 Å². The number of rotatable bonds is 5. The van der Waals surface area contributed by atoms with Crippen LogP contribution >= 0.6 is 11.8 Å². The van der Waals surface area contributed by atoms with Crippen LogP contribution < -0.4 is 5.32 Å². The van der Waals surface area contributed by atoms with E-state index in [0.29, 0.717) is 0 Å². The molecule has 0 saturated carbocycles. The molecule has 0 aliphatic carbocycles. The number of halogens is 3. The SMILES string of the molecule is CSC(CO)C(C)Nc1ccccc1C(F)(F)F. The molecule has 102 valence electrons. The minimum Gasteiger partial charge on any atom is -0.395 e. The first-order chi connectivity index (χ1) is 8.40. The van der Waals surface area contributed by atoms with Crippen LogP contribution in [0.2, 0.25) is 0 Å².